The van der Waals surface area contributed by atoms with Crippen molar-refractivity contribution in [3.05, 3.63) is 78.0 Å². The zero-order valence-corrected chi connectivity index (χ0v) is 16.2. The van der Waals surface area contributed by atoms with Crippen LogP contribution in [0.15, 0.2) is 66.9 Å². The van der Waals surface area contributed by atoms with Crippen LogP contribution in [0, 0.1) is 13.8 Å². The maximum Gasteiger partial charge on any atom is 0.262 e. The molecule has 0 saturated heterocycles. The number of hydrogen-bond donors (Lipinski definition) is 2. The van der Waals surface area contributed by atoms with E-state index >= 15 is 0 Å². The van der Waals surface area contributed by atoms with E-state index in [0.717, 1.165) is 27.8 Å². The van der Waals surface area contributed by atoms with Gasteiger partial charge in [-0.1, -0.05) is 6.07 Å². The van der Waals surface area contributed by atoms with E-state index in [9.17, 15) is 4.79 Å². The fourth-order valence-corrected chi connectivity index (χ4v) is 3.09. The van der Waals surface area contributed by atoms with Crippen LogP contribution in [0.3, 0.4) is 0 Å². The van der Waals surface area contributed by atoms with Crippen LogP contribution in [-0.2, 0) is 4.79 Å². The Kier molecular flexibility index (Phi) is 5.16. The Labute approximate surface area is 168 Å². The molecule has 2 N–H and O–H groups in total. The van der Waals surface area contributed by atoms with Gasteiger partial charge in [0.05, 0.1) is 11.7 Å². The number of carbonyl (C=O) groups is 1. The molecule has 0 aliphatic heterocycles. The van der Waals surface area contributed by atoms with Crippen molar-refractivity contribution in [3.63, 3.8) is 0 Å². The fourth-order valence-electron chi connectivity index (χ4n) is 3.09. The quantitative estimate of drug-likeness (QED) is 0.489. The third kappa shape index (κ3) is 4.73. The molecule has 0 saturated carbocycles. The van der Waals surface area contributed by atoms with Crippen molar-refractivity contribution in [2.24, 2.45) is 0 Å². The van der Waals surface area contributed by atoms with E-state index in [1.54, 1.807) is 18.3 Å². The van der Waals surface area contributed by atoms with Gasteiger partial charge in [0.1, 0.15) is 17.2 Å². The molecule has 6 nitrogen and oxygen atoms in total. The standard InChI is InChI=1S/C23H21N3O3/c1-15-9-16(2)11-21(10-15)29-20-7-5-19(6-8-20)28-14-23(27)25-18-4-3-17-13-24-26-22(17)12-18/h3-13H,14H2,1-2H3,(H,24,26)(H,25,27). The van der Waals surface area contributed by atoms with Crippen LogP contribution in [0.25, 0.3) is 10.9 Å². The minimum Gasteiger partial charge on any atom is -0.484 e. The molecular formula is C23H21N3O3. The number of anilines is 1. The first-order chi connectivity index (χ1) is 14.0. The van der Waals surface area contributed by atoms with Gasteiger partial charge in [-0.05, 0) is 79.6 Å². The second kappa shape index (κ2) is 8.06. The second-order valence-corrected chi connectivity index (χ2v) is 6.91. The number of rotatable bonds is 6. The lowest BCUT2D eigenvalue weighted by Gasteiger charge is -2.10. The SMILES string of the molecule is Cc1cc(C)cc(Oc2ccc(OCC(=O)Nc3ccc4cn[nH]c4c3)cc2)c1. The molecule has 1 aromatic heterocycles. The molecule has 4 aromatic rings. The van der Waals surface area contributed by atoms with Gasteiger partial charge in [0.25, 0.3) is 5.91 Å². The van der Waals surface area contributed by atoms with Crippen molar-refractivity contribution in [1.29, 1.82) is 0 Å². The molecule has 0 aliphatic carbocycles. The van der Waals surface area contributed by atoms with Crippen LogP contribution in [0.1, 0.15) is 11.1 Å². The monoisotopic (exact) mass is 387 g/mol. The minimum atomic E-state index is -0.237. The molecule has 1 heterocycles. The van der Waals surface area contributed by atoms with Gasteiger partial charge in [0.2, 0.25) is 0 Å². The van der Waals surface area contributed by atoms with Crippen LogP contribution in [0.4, 0.5) is 5.69 Å². The summed E-state index contributed by atoms with van der Waals surface area (Å²) in [7, 11) is 0. The van der Waals surface area contributed by atoms with Crippen LogP contribution in [0.2, 0.25) is 0 Å². The normalized spacial score (nSPS) is 10.7. The van der Waals surface area contributed by atoms with E-state index in [0.29, 0.717) is 17.2 Å². The molecule has 0 fully saturated rings. The number of amides is 1. The number of benzene rings is 3. The molecule has 0 bridgehead atoms. The second-order valence-electron chi connectivity index (χ2n) is 6.91. The first-order valence-corrected chi connectivity index (χ1v) is 9.27. The topological polar surface area (TPSA) is 76.2 Å². The average molecular weight is 387 g/mol. The smallest absolute Gasteiger partial charge is 0.262 e. The number of aromatic nitrogens is 2. The minimum absolute atomic E-state index is 0.0850. The van der Waals surface area contributed by atoms with Gasteiger partial charge in [-0.3, -0.25) is 9.89 Å². The van der Waals surface area contributed by atoms with Gasteiger partial charge >= 0.3 is 0 Å². The van der Waals surface area contributed by atoms with Crippen molar-refractivity contribution < 1.29 is 14.3 Å². The lowest BCUT2D eigenvalue weighted by molar-refractivity contribution is -0.118. The highest BCUT2D eigenvalue weighted by molar-refractivity contribution is 5.94. The highest BCUT2D eigenvalue weighted by atomic mass is 16.5. The molecule has 0 atom stereocenters. The fraction of sp³-hybridized carbons (Fsp3) is 0.130. The van der Waals surface area contributed by atoms with Crippen molar-refractivity contribution in [3.8, 4) is 17.2 Å². The average Bonchev–Trinajstić information content (AvgIpc) is 3.14. The van der Waals surface area contributed by atoms with Gasteiger partial charge < -0.3 is 14.8 Å². The number of carbonyl (C=O) groups excluding carboxylic acids is 1. The molecule has 146 valence electrons. The Morgan fingerprint density at radius 2 is 1.66 bits per heavy atom. The van der Waals surface area contributed by atoms with E-state index < -0.39 is 0 Å². The maximum atomic E-state index is 12.1. The van der Waals surface area contributed by atoms with Crippen LogP contribution in [-0.4, -0.2) is 22.7 Å². The summed E-state index contributed by atoms with van der Waals surface area (Å²) in [4.78, 5) is 12.1. The van der Waals surface area contributed by atoms with Gasteiger partial charge in [0.15, 0.2) is 6.61 Å². The highest BCUT2D eigenvalue weighted by Crippen LogP contribution is 2.25. The molecule has 0 unspecified atom stereocenters. The Bertz CT molecular complexity index is 1130. The van der Waals surface area contributed by atoms with E-state index in [-0.39, 0.29) is 12.5 Å². The molecule has 1 amide bonds. The number of nitrogens with one attached hydrogen (secondary N) is 2. The number of aromatic amines is 1. The number of H-pyrrole nitrogens is 1. The maximum absolute atomic E-state index is 12.1. The summed E-state index contributed by atoms with van der Waals surface area (Å²) in [6.07, 6.45) is 1.73. The molecule has 4 rings (SSSR count). The van der Waals surface area contributed by atoms with Gasteiger partial charge in [-0.2, -0.15) is 5.10 Å². The molecule has 3 aromatic carbocycles. The summed E-state index contributed by atoms with van der Waals surface area (Å²) < 4.78 is 11.5. The molecule has 6 heteroatoms. The van der Waals surface area contributed by atoms with Crippen LogP contribution < -0.4 is 14.8 Å². The summed E-state index contributed by atoms with van der Waals surface area (Å²) in [5.74, 6) is 1.86. The van der Waals surface area contributed by atoms with E-state index in [1.165, 1.54) is 0 Å². The van der Waals surface area contributed by atoms with E-state index in [1.807, 2.05) is 56.3 Å². The van der Waals surface area contributed by atoms with Crippen molar-refractivity contribution >= 4 is 22.5 Å². The zero-order valence-electron chi connectivity index (χ0n) is 16.2. The van der Waals surface area contributed by atoms with E-state index in [4.69, 9.17) is 9.47 Å². The summed E-state index contributed by atoms with van der Waals surface area (Å²) in [5.41, 5.74) is 3.85. The zero-order chi connectivity index (χ0) is 20.2. The molecule has 29 heavy (non-hydrogen) atoms. The highest BCUT2D eigenvalue weighted by Gasteiger charge is 2.06. The largest absolute Gasteiger partial charge is 0.484 e. The molecule has 0 radical (unpaired) electrons. The lowest BCUT2D eigenvalue weighted by atomic mass is 10.1. The number of aryl methyl sites for hydroxylation is 2. The Hall–Kier alpha value is -3.80. The Morgan fingerprint density at radius 1 is 0.931 bits per heavy atom. The lowest BCUT2D eigenvalue weighted by Crippen LogP contribution is -2.20. The van der Waals surface area contributed by atoms with Crippen LogP contribution >= 0.6 is 0 Å². The summed E-state index contributed by atoms with van der Waals surface area (Å²) >= 11 is 0. The molecule has 0 aliphatic rings. The van der Waals surface area contributed by atoms with Crippen LogP contribution in [0.5, 0.6) is 17.2 Å². The number of hydrogen-bond acceptors (Lipinski definition) is 4. The first kappa shape index (κ1) is 18.6. The summed E-state index contributed by atoms with van der Waals surface area (Å²) in [5, 5.41) is 10.6. The summed E-state index contributed by atoms with van der Waals surface area (Å²) in [6.45, 7) is 3.99. The number of nitrogens with zero attached hydrogens (tertiary/aromatic N) is 1. The molecule has 0 spiro atoms. The Morgan fingerprint density at radius 3 is 2.41 bits per heavy atom. The third-order valence-corrected chi connectivity index (χ3v) is 4.35. The van der Waals surface area contributed by atoms with Gasteiger partial charge in [-0.25, -0.2) is 0 Å². The predicted octanol–water partition coefficient (Wildman–Crippen LogP) is 4.99. The van der Waals surface area contributed by atoms with Crippen molar-refractivity contribution in [2.45, 2.75) is 13.8 Å². The van der Waals surface area contributed by atoms with Crippen molar-refractivity contribution in [1.82, 2.24) is 10.2 Å². The third-order valence-electron chi connectivity index (χ3n) is 4.35. The molecular weight excluding hydrogens is 366 g/mol. The van der Waals surface area contributed by atoms with Gasteiger partial charge in [0, 0.05) is 11.1 Å². The first-order valence-electron chi connectivity index (χ1n) is 9.27. The van der Waals surface area contributed by atoms with Crippen molar-refractivity contribution in [2.75, 3.05) is 11.9 Å². The van der Waals surface area contributed by atoms with E-state index in [2.05, 4.69) is 21.6 Å². The number of ether oxygens (including phenoxy) is 2. The summed E-state index contributed by atoms with van der Waals surface area (Å²) in [6, 6.07) is 18.8. The Balaban J connectivity index is 1.31. The van der Waals surface area contributed by atoms with Gasteiger partial charge in [-0.15, -0.1) is 0 Å². The predicted molar refractivity (Wildman–Crippen MR) is 113 cm³/mol. The number of fused-ring (bicyclic) bond motifs is 1.